The second-order valence-electron chi connectivity index (χ2n) is 4.62. The lowest BCUT2D eigenvalue weighted by Crippen LogP contribution is -2.00. The first-order chi connectivity index (χ1) is 9.22. The van der Waals surface area contributed by atoms with E-state index in [2.05, 4.69) is 29.0 Å². The third-order valence-corrected chi connectivity index (χ3v) is 3.07. The van der Waals surface area contributed by atoms with E-state index in [1.807, 2.05) is 29.8 Å². The van der Waals surface area contributed by atoms with Crippen molar-refractivity contribution in [3.8, 4) is 11.5 Å². The van der Waals surface area contributed by atoms with Gasteiger partial charge < -0.3 is 8.98 Å². The van der Waals surface area contributed by atoms with Crippen LogP contribution in [0.4, 0.5) is 0 Å². The maximum absolute atomic E-state index is 5.55. The van der Waals surface area contributed by atoms with Crippen LogP contribution < -0.4 is 0 Å². The molecule has 0 N–H and O–H groups in total. The van der Waals surface area contributed by atoms with Crippen molar-refractivity contribution in [2.75, 3.05) is 0 Å². The van der Waals surface area contributed by atoms with E-state index in [0.29, 0.717) is 12.4 Å². The van der Waals surface area contributed by atoms with Crippen LogP contribution in [0.1, 0.15) is 17.1 Å². The second kappa shape index (κ2) is 4.72. The smallest absolute Gasteiger partial charge is 0.226 e. The van der Waals surface area contributed by atoms with Gasteiger partial charge in [0.1, 0.15) is 12.1 Å². The number of rotatable bonds is 3. The zero-order chi connectivity index (χ0) is 13.2. The molecule has 4 nitrogen and oxygen atoms in total. The summed E-state index contributed by atoms with van der Waals surface area (Å²) in [6.07, 6.45) is 5.43. The molecule has 1 aromatic carbocycles. The van der Waals surface area contributed by atoms with E-state index in [-0.39, 0.29) is 0 Å². The van der Waals surface area contributed by atoms with Crippen molar-refractivity contribution in [1.29, 1.82) is 0 Å². The van der Waals surface area contributed by atoms with Crippen LogP contribution in [-0.4, -0.2) is 14.5 Å². The van der Waals surface area contributed by atoms with Gasteiger partial charge in [0.05, 0.1) is 12.2 Å². The summed E-state index contributed by atoms with van der Waals surface area (Å²) >= 11 is 0. The Morgan fingerprint density at radius 1 is 1.26 bits per heavy atom. The SMILES string of the molecule is Cc1cccc(-c2nc(Cn3ccnc3C)co2)c1. The number of benzene rings is 1. The van der Waals surface area contributed by atoms with Gasteiger partial charge in [-0.05, 0) is 26.0 Å². The summed E-state index contributed by atoms with van der Waals surface area (Å²) in [5.74, 6) is 1.64. The van der Waals surface area contributed by atoms with Gasteiger partial charge in [0.25, 0.3) is 0 Å². The molecule has 2 heterocycles. The Morgan fingerprint density at radius 3 is 2.89 bits per heavy atom. The second-order valence-corrected chi connectivity index (χ2v) is 4.62. The fourth-order valence-corrected chi connectivity index (χ4v) is 2.04. The van der Waals surface area contributed by atoms with E-state index >= 15 is 0 Å². The summed E-state index contributed by atoms with van der Waals surface area (Å²) in [7, 11) is 0. The maximum Gasteiger partial charge on any atom is 0.226 e. The molecule has 0 bridgehead atoms. The molecule has 0 radical (unpaired) electrons. The molecule has 4 heteroatoms. The molecule has 19 heavy (non-hydrogen) atoms. The maximum atomic E-state index is 5.55. The van der Waals surface area contributed by atoms with Gasteiger partial charge >= 0.3 is 0 Å². The molecule has 0 spiro atoms. The lowest BCUT2D eigenvalue weighted by atomic mass is 10.1. The summed E-state index contributed by atoms with van der Waals surface area (Å²) in [5, 5.41) is 0. The van der Waals surface area contributed by atoms with Crippen molar-refractivity contribution in [3.05, 3.63) is 60.0 Å². The molecule has 0 saturated carbocycles. The third-order valence-electron chi connectivity index (χ3n) is 3.07. The number of aryl methyl sites for hydroxylation is 2. The summed E-state index contributed by atoms with van der Waals surface area (Å²) in [6, 6.07) is 8.14. The van der Waals surface area contributed by atoms with E-state index in [1.54, 1.807) is 12.5 Å². The van der Waals surface area contributed by atoms with E-state index in [1.165, 1.54) is 5.56 Å². The van der Waals surface area contributed by atoms with Crippen molar-refractivity contribution in [3.63, 3.8) is 0 Å². The summed E-state index contributed by atoms with van der Waals surface area (Å²) in [4.78, 5) is 8.72. The van der Waals surface area contributed by atoms with Gasteiger partial charge in [0.15, 0.2) is 0 Å². The molecule has 0 aliphatic heterocycles. The molecule has 2 aromatic heterocycles. The van der Waals surface area contributed by atoms with Crippen molar-refractivity contribution >= 4 is 0 Å². The van der Waals surface area contributed by atoms with Crippen LogP contribution >= 0.6 is 0 Å². The van der Waals surface area contributed by atoms with Crippen molar-refractivity contribution < 1.29 is 4.42 Å². The lowest BCUT2D eigenvalue weighted by molar-refractivity contribution is 0.571. The molecule has 0 aliphatic carbocycles. The highest BCUT2D eigenvalue weighted by Gasteiger charge is 2.08. The van der Waals surface area contributed by atoms with Gasteiger partial charge in [-0.25, -0.2) is 9.97 Å². The van der Waals surface area contributed by atoms with Gasteiger partial charge in [0.2, 0.25) is 5.89 Å². The Kier molecular flexibility index (Phi) is 2.91. The highest BCUT2D eigenvalue weighted by atomic mass is 16.3. The van der Waals surface area contributed by atoms with Crippen LogP contribution in [0.25, 0.3) is 11.5 Å². The van der Waals surface area contributed by atoms with Gasteiger partial charge in [0, 0.05) is 18.0 Å². The number of hydrogen-bond acceptors (Lipinski definition) is 3. The molecule has 0 unspecified atom stereocenters. The Hall–Kier alpha value is -2.36. The van der Waals surface area contributed by atoms with Crippen molar-refractivity contribution in [2.24, 2.45) is 0 Å². The fourth-order valence-electron chi connectivity index (χ4n) is 2.04. The molecular weight excluding hydrogens is 238 g/mol. The van der Waals surface area contributed by atoms with Crippen LogP contribution in [0.15, 0.2) is 47.3 Å². The van der Waals surface area contributed by atoms with Crippen LogP contribution in [0, 0.1) is 13.8 Å². The standard InChI is InChI=1S/C15H15N3O/c1-11-4-3-5-13(8-11)15-17-14(10-19-15)9-18-7-6-16-12(18)2/h3-8,10H,9H2,1-2H3. The van der Waals surface area contributed by atoms with Gasteiger partial charge in [-0.1, -0.05) is 17.7 Å². The molecule has 0 atom stereocenters. The molecule has 0 fully saturated rings. The predicted molar refractivity (Wildman–Crippen MR) is 72.7 cm³/mol. The van der Waals surface area contributed by atoms with Crippen LogP contribution in [0.5, 0.6) is 0 Å². The quantitative estimate of drug-likeness (QED) is 0.720. The Labute approximate surface area is 111 Å². The summed E-state index contributed by atoms with van der Waals surface area (Å²) in [5.41, 5.74) is 3.11. The third kappa shape index (κ3) is 2.42. The fraction of sp³-hybridized carbons (Fsp3) is 0.200. The summed E-state index contributed by atoms with van der Waals surface area (Å²) in [6.45, 7) is 4.71. The highest BCUT2D eigenvalue weighted by molar-refractivity contribution is 5.54. The zero-order valence-corrected chi connectivity index (χ0v) is 11.0. The normalized spacial score (nSPS) is 10.8. The Morgan fingerprint density at radius 2 is 2.16 bits per heavy atom. The first-order valence-electron chi connectivity index (χ1n) is 6.21. The number of imidazole rings is 1. The van der Waals surface area contributed by atoms with Gasteiger partial charge in [-0.3, -0.25) is 0 Å². The molecule has 3 rings (SSSR count). The van der Waals surface area contributed by atoms with Crippen molar-refractivity contribution in [1.82, 2.24) is 14.5 Å². The van der Waals surface area contributed by atoms with E-state index in [9.17, 15) is 0 Å². The first kappa shape index (κ1) is 11.7. The minimum atomic E-state index is 0.663. The van der Waals surface area contributed by atoms with Gasteiger partial charge in [-0.2, -0.15) is 0 Å². The monoisotopic (exact) mass is 253 g/mol. The number of hydrogen-bond donors (Lipinski definition) is 0. The average molecular weight is 253 g/mol. The minimum absolute atomic E-state index is 0.663. The van der Waals surface area contributed by atoms with Gasteiger partial charge in [-0.15, -0.1) is 0 Å². The van der Waals surface area contributed by atoms with Crippen LogP contribution in [-0.2, 0) is 6.54 Å². The molecular formula is C15H15N3O. The molecule has 0 amide bonds. The minimum Gasteiger partial charge on any atom is -0.444 e. The lowest BCUT2D eigenvalue weighted by Gasteiger charge is -2.00. The number of oxazole rings is 1. The predicted octanol–water partition coefficient (Wildman–Crippen LogP) is 3.20. The Balaban J connectivity index is 1.86. The molecule has 0 saturated heterocycles. The van der Waals surface area contributed by atoms with Crippen molar-refractivity contribution in [2.45, 2.75) is 20.4 Å². The topological polar surface area (TPSA) is 43.9 Å². The Bertz CT molecular complexity index is 697. The number of aromatic nitrogens is 3. The molecule has 0 aliphatic rings. The highest BCUT2D eigenvalue weighted by Crippen LogP contribution is 2.20. The zero-order valence-electron chi connectivity index (χ0n) is 11.0. The van der Waals surface area contributed by atoms with Crippen LogP contribution in [0.3, 0.4) is 0 Å². The van der Waals surface area contributed by atoms with E-state index < -0.39 is 0 Å². The first-order valence-corrected chi connectivity index (χ1v) is 6.21. The molecule has 3 aromatic rings. The average Bonchev–Trinajstić information content (AvgIpc) is 3.00. The largest absolute Gasteiger partial charge is 0.444 e. The molecule has 96 valence electrons. The summed E-state index contributed by atoms with van der Waals surface area (Å²) < 4.78 is 7.59. The van der Waals surface area contributed by atoms with E-state index in [4.69, 9.17) is 4.42 Å². The van der Waals surface area contributed by atoms with Crippen LogP contribution in [0.2, 0.25) is 0 Å². The number of nitrogens with zero attached hydrogens (tertiary/aromatic N) is 3. The van der Waals surface area contributed by atoms with E-state index in [0.717, 1.165) is 17.1 Å².